The van der Waals surface area contributed by atoms with Crippen LogP contribution in [0.25, 0.3) is 0 Å². The number of imide groups is 1. The Balaban J connectivity index is 1.42. The Kier molecular flexibility index (Phi) is 6.07. The van der Waals surface area contributed by atoms with Crippen molar-refractivity contribution >= 4 is 29.4 Å². The Morgan fingerprint density at radius 2 is 1.66 bits per heavy atom. The molecule has 0 bridgehead atoms. The van der Waals surface area contributed by atoms with Crippen LogP contribution < -0.4 is 5.32 Å². The minimum Gasteiger partial charge on any atom is -0.456 e. The van der Waals surface area contributed by atoms with Crippen molar-refractivity contribution in [2.24, 2.45) is 0 Å². The molecule has 0 atom stereocenters. The average Bonchev–Trinajstić information content (AvgIpc) is 2.94. The van der Waals surface area contributed by atoms with Crippen LogP contribution in [-0.2, 0) is 14.3 Å². The third-order valence-electron chi connectivity index (χ3n) is 4.67. The molecule has 2 aromatic rings. The molecule has 0 aliphatic carbocycles. The maximum absolute atomic E-state index is 12.3. The summed E-state index contributed by atoms with van der Waals surface area (Å²) in [4.78, 5) is 49.5. The summed E-state index contributed by atoms with van der Waals surface area (Å²) >= 11 is 0. The number of hydrogen-bond donors (Lipinski definition) is 1. The van der Waals surface area contributed by atoms with Crippen LogP contribution in [0, 0.1) is 13.8 Å². The van der Waals surface area contributed by atoms with Gasteiger partial charge < -0.3 is 10.1 Å². The van der Waals surface area contributed by atoms with E-state index in [1.165, 1.54) is 0 Å². The predicted molar refractivity (Wildman–Crippen MR) is 107 cm³/mol. The zero-order valence-electron chi connectivity index (χ0n) is 16.4. The zero-order valence-corrected chi connectivity index (χ0v) is 16.4. The summed E-state index contributed by atoms with van der Waals surface area (Å²) in [5.41, 5.74) is 3.36. The highest BCUT2D eigenvalue weighted by atomic mass is 16.5. The molecule has 1 heterocycles. The molecule has 0 saturated heterocycles. The molecule has 1 N–H and O–H groups in total. The van der Waals surface area contributed by atoms with Crippen LogP contribution in [0.1, 0.15) is 44.7 Å². The second-order valence-electron chi connectivity index (χ2n) is 6.94. The van der Waals surface area contributed by atoms with E-state index in [1.807, 2.05) is 32.0 Å². The van der Waals surface area contributed by atoms with E-state index in [9.17, 15) is 19.2 Å². The van der Waals surface area contributed by atoms with Gasteiger partial charge in [0.25, 0.3) is 17.7 Å². The lowest BCUT2D eigenvalue weighted by atomic mass is 10.1. The predicted octanol–water partition coefficient (Wildman–Crippen LogP) is 2.86. The van der Waals surface area contributed by atoms with Gasteiger partial charge in [-0.25, -0.2) is 0 Å². The summed E-state index contributed by atoms with van der Waals surface area (Å²) in [6, 6.07) is 12.3. The molecule has 29 heavy (non-hydrogen) atoms. The van der Waals surface area contributed by atoms with Crippen molar-refractivity contribution in [1.29, 1.82) is 0 Å². The summed E-state index contributed by atoms with van der Waals surface area (Å²) < 4.78 is 4.99. The van der Waals surface area contributed by atoms with Gasteiger partial charge in [-0.3, -0.25) is 24.1 Å². The van der Waals surface area contributed by atoms with Gasteiger partial charge in [-0.15, -0.1) is 0 Å². The molecule has 7 nitrogen and oxygen atoms in total. The van der Waals surface area contributed by atoms with E-state index in [4.69, 9.17) is 4.74 Å². The number of amides is 3. The van der Waals surface area contributed by atoms with E-state index in [2.05, 4.69) is 5.32 Å². The lowest BCUT2D eigenvalue weighted by Crippen LogP contribution is -2.31. The molecule has 7 heteroatoms. The molecule has 1 aliphatic heterocycles. The number of hydrogen-bond acceptors (Lipinski definition) is 5. The lowest BCUT2D eigenvalue weighted by molar-refractivity contribution is -0.147. The van der Waals surface area contributed by atoms with E-state index in [-0.39, 0.29) is 37.8 Å². The third kappa shape index (κ3) is 4.68. The summed E-state index contributed by atoms with van der Waals surface area (Å²) in [6.45, 7) is 3.53. The number of nitrogens with zero attached hydrogens (tertiary/aromatic N) is 1. The van der Waals surface area contributed by atoms with Crippen molar-refractivity contribution in [3.05, 3.63) is 64.7 Å². The highest BCUT2D eigenvalue weighted by Gasteiger charge is 2.34. The van der Waals surface area contributed by atoms with Gasteiger partial charge in [0.15, 0.2) is 6.61 Å². The standard InChI is InChI=1S/C22H22N2O5/c1-14-9-10-15(2)18(12-14)23-19(25)13-29-20(26)8-5-11-24-21(27)16-6-3-4-7-17(16)22(24)28/h3-4,6-7,9-10,12H,5,8,11,13H2,1-2H3,(H,23,25). The Bertz CT molecular complexity index is 948. The molecular formula is C22H22N2O5. The van der Waals surface area contributed by atoms with Gasteiger partial charge in [-0.05, 0) is 49.6 Å². The molecule has 0 aromatic heterocycles. The van der Waals surface area contributed by atoms with E-state index >= 15 is 0 Å². The van der Waals surface area contributed by atoms with Crippen molar-refractivity contribution in [1.82, 2.24) is 4.90 Å². The SMILES string of the molecule is Cc1ccc(C)c(NC(=O)COC(=O)CCCN2C(=O)c3ccccc3C2=O)c1. The van der Waals surface area contributed by atoms with Gasteiger partial charge in [0.05, 0.1) is 11.1 Å². The fourth-order valence-electron chi connectivity index (χ4n) is 3.10. The zero-order chi connectivity index (χ0) is 21.0. The van der Waals surface area contributed by atoms with Gasteiger partial charge in [0.1, 0.15) is 0 Å². The fourth-order valence-corrected chi connectivity index (χ4v) is 3.10. The second kappa shape index (κ2) is 8.68. The van der Waals surface area contributed by atoms with Crippen LogP contribution in [0.3, 0.4) is 0 Å². The third-order valence-corrected chi connectivity index (χ3v) is 4.67. The minimum absolute atomic E-state index is 0.00413. The van der Waals surface area contributed by atoms with E-state index in [0.717, 1.165) is 16.0 Å². The Morgan fingerprint density at radius 3 is 2.31 bits per heavy atom. The number of rotatable bonds is 7. The maximum atomic E-state index is 12.3. The minimum atomic E-state index is -0.558. The van der Waals surface area contributed by atoms with Gasteiger partial charge in [-0.2, -0.15) is 0 Å². The number of esters is 1. The van der Waals surface area contributed by atoms with Crippen molar-refractivity contribution in [2.75, 3.05) is 18.5 Å². The molecule has 0 radical (unpaired) electrons. The van der Waals surface area contributed by atoms with Crippen molar-refractivity contribution in [2.45, 2.75) is 26.7 Å². The van der Waals surface area contributed by atoms with Crippen LogP contribution in [-0.4, -0.2) is 41.7 Å². The van der Waals surface area contributed by atoms with Gasteiger partial charge in [0, 0.05) is 18.7 Å². The Labute approximate surface area is 168 Å². The Morgan fingerprint density at radius 1 is 1.00 bits per heavy atom. The van der Waals surface area contributed by atoms with Crippen molar-refractivity contribution in [3.8, 4) is 0 Å². The van der Waals surface area contributed by atoms with E-state index < -0.39 is 11.9 Å². The molecule has 0 spiro atoms. The normalized spacial score (nSPS) is 12.7. The quantitative estimate of drug-likeness (QED) is 0.576. The number of ether oxygens (including phenoxy) is 1. The van der Waals surface area contributed by atoms with Crippen LogP contribution in [0.15, 0.2) is 42.5 Å². The van der Waals surface area contributed by atoms with Crippen LogP contribution in [0.4, 0.5) is 5.69 Å². The number of aryl methyl sites for hydroxylation is 2. The molecule has 2 aromatic carbocycles. The monoisotopic (exact) mass is 394 g/mol. The number of benzene rings is 2. The van der Waals surface area contributed by atoms with Crippen molar-refractivity contribution < 1.29 is 23.9 Å². The molecule has 0 unspecified atom stereocenters. The summed E-state index contributed by atoms with van der Waals surface area (Å²) in [7, 11) is 0. The summed E-state index contributed by atoms with van der Waals surface area (Å²) in [5, 5.41) is 2.72. The van der Waals surface area contributed by atoms with Crippen LogP contribution >= 0.6 is 0 Å². The van der Waals surface area contributed by atoms with Crippen molar-refractivity contribution in [3.63, 3.8) is 0 Å². The molecule has 1 aliphatic rings. The van der Waals surface area contributed by atoms with Gasteiger partial charge >= 0.3 is 5.97 Å². The summed E-state index contributed by atoms with van der Waals surface area (Å²) in [6.07, 6.45) is 0.271. The first-order valence-electron chi connectivity index (χ1n) is 9.35. The Hall–Kier alpha value is -3.48. The molecule has 150 valence electrons. The summed E-state index contributed by atoms with van der Waals surface area (Å²) in [5.74, 6) is -1.69. The molecule has 0 fully saturated rings. The van der Waals surface area contributed by atoms with Crippen LogP contribution in [0.2, 0.25) is 0 Å². The number of anilines is 1. The first-order chi connectivity index (χ1) is 13.9. The fraction of sp³-hybridized carbons (Fsp3) is 0.273. The van der Waals surface area contributed by atoms with Gasteiger partial charge in [-0.1, -0.05) is 24.3 Å². The number of carbonyl (C=O) groups excluding carboxylic acids is 4. The molecule has 0 saturated carbocycles. The number of fused-ring (bicyclic) bond motifs is 1. The average molecular weight is 394 g/mol. The first-order valence-corrected chi connectivity index (χ1v) is 9.35. The highest BCUT2D eigenvalue weighted by Crippen LogP contribution is 2.22. The largest absolute Gasteiger partial charge is 0.456 e. The number of nitrogens with one attached hydrogen (secondary N) is 1. The lowest BCUT2D eigenvalue weighted by Gasteiger charge is -2.13. The maximum Gasteiger partial charge on any atom is 0.306 e. The molecule has 3 rings (SSSR count). The number of carbonyl (C=O) groups is 4. The van der Waals surface area contributed by atoms with Crippen LogP contribution in [0.5, 0.6) is 0 Å². The second-order valence-corrected chi connectivity index (χ2v) is 6.94. The van der Waals surface area contributed by atoms with Gasteiger partial charge in [0.2, 0.25) is 0 Å². The molecule has 3 amide bonds. The first kappa shape index (κ1) is 20.3. The van der Waals surface area contributed by atoms with E-state index in [0.29, 0.717) is 16.8 Å². The smallest absolute Gasteiger partial charge is 0.306 e. The topological polar surface area (TPSA) is 92.8 Å². The molecular weight excluding hydrogens is 372 g/mol. The highest BCUT2D eigenvalue weighted by molar-refractivity contribution is 6.21. The van der Waals surface area contributed by atoms with E-state index in [1.54, 1.807) is 24.3 Å².